The van der Waals surface area contributed by atoms with Crippen molar-refractivity contribution in [2.75, 3.05) is 32.2 Å². The Morgan fingerprint density at radius 1 is 1.00 bits per heavy atom. The molecule has 1 aliphatic heterocycles. The number of nitrogens with zero attached hydrogens (tertiary/aromatic N) is 2. The highest BCUT2D eigenvalue weighted by Crippen LogP contribution is 2.35. The Kier molecular flexibility index (Phi) is 6.44. The summed E-state index contributed by atoms with van der Waals surface area (Å²) in [5.41, 5.74) is 4.58. The fourth-order valence-corrected chi connectivity index (χ4v) is 6.78. The summed E-state index contributed by atoms with van der Waals surface area (Å²) in [6.07, 6.45) is 1.09. The average molecular weight is 473 g/mol. The lowest BCUT2D eigenvalue weighted by molar-refractivity contribution is 0.391. The molecule has 0 amide bonds. The second kappa shape index (κ2) is 9.11. The second-order valence-electron chi connectivity index (χ2n) is 8.06. The van der Waals surface area contributed by atoms with Crippen molar-refractivity contribution in [3.63, 3.8) is 0 Å². The lowest BCUT2D eigenvalue weighted by Gasteiger charge is -2.31. The van der Waals surface area contributed by atoms with E-state index < -0.39 is 15.1 Å². The van der Waals surface area contributed by atoms with Crippen LogP contribution in [0.2, 0.25) is 0 Å². The zero-order valence-electron chi connectivity index (χ0n) is 18.8. The Hall–Kier alpha value is -2.58. The van der Waals surface area contributed by atoms with Gasteiger partial charge in [0, 0.05) is 30.1 Å². The minimum Gasteiger partial charge on any atom is -0.497 e. The van der Waals surface area contributed by atoms with Crippen LogP contribution in [0.4, 0.5) is 5.13 Å². The van der Waals surface area contributed by atoms with Gasteiger partial charge in [0.1, 0.15) is 16.4 Å². The Bertz CT molecular complexity index is 1210. The first kappa shape index (κ1) is 22.6. The van der Waals surface area contributed by atoms with Crippen LogP contribution in [0.3, 0.4) is 0 Å². The van der Waals surface area contributed by atoms with Crippen molar-refractivity contribution in [1.82, 2.24) is 4.98 Å². The molecule has 0 unspecified atom stereocenters. The van der Waals surface area contributed by atoms with Crippen LogP contribution in [0.5, 0.6) is 11.5 Å². The molecule has 32 heavy (non-hydrogen) atoms. The smallest absolute Gasteiger partial charge is 0.185 e. The molecule has 1 aromatic heterocycles. The quantitative estimate of drug-likeness (QED) is 0.509. The molecule has 6 nitrogen and oxygen atoms in total. The third kappa shape index (κ3) is 4.34. The van der Waals surface area contributed by atoms with Crippen molar-refractivity contribution in [1.29, 1.82) is 0 Å². The zero-order valence-corrected chi connectivity index (χ0v) is 20.4. The lowest BCUT2D eigenvalue weighted by Crippen LogP contribution is -2.39. The summed E-state index contributed by atoms with van der Waals surface area (Å²) in [4.78, 5) is 7.21. The molecule has 0 N–H and O–H groups in total. The summed E-state index contributed by atoms with van der Waals surface area (Å²) in [6.45, 7) is 5.51. The normalized spacial score (nSPS) is 15.1. The number of sulfone groups is 1. The van der Waals surface area contributed by atoms with Crippen LogP contribution in [0.25, 0.3) is 11.3 Å². The third-order valence-electron chi connectivity index (χ3n) is 6.12. The first-order valence-electron chi connectivity index (χ1n) is 10.6. The Morgan fingerprint density at radius 2 is 1.75 bits per heavy atom. The predicted molar refractivity (Wildman–Crippen MR) is 129 cm³/mol. The van der Waals surface area contributed by atoms with Gasteiger partial charge in [-0.3, -0.25) is 0 Å². The Balaban J connectivity index is 1.49. The zero-order chi connectivity index (χ0) is 22.9. The van der Waals surface area contributed by atoms with E-state index in [0.29, 0.717) is 37.4 Å². The van der Waals surface area contributed by atoms with Crippen molar-refractivity contribution in [2.24, 2.45) is 0 Å². The van der Waals surface area contributed by atoms with E-state index in [4.69, 9.17) is 14.5 Å². The summed E-state index contributed by atoms with van der Waals surface area (Å²) in [5, 5.41) is 2.55. The van der Waals surface area contributed by atoms with Gasteiger partial charge in [-0.2, -0.15) is 0 Å². The molecule has 1 fully saturated rings. The minimum absolute atomic E-state index is 0.198. The number of anilines is 1. The van der Waals surface area contributed by atoms with Crippen LogP contribution in [0, 0.1) is 13.8 Å². The molecule has 8 heteroatoms. The molecule has 170 valence electrons. The number of hydrogen-bond acceptors (Lipinski definition) is 7. The molecule has 0 radical (unpaired) electrons. The topological polar surface area (TPSA) is 68.7 Å². The molecule has 0 aliphatic carbocycles. The van der Waals surface area contributed by atoms with E-state index in [1.54, 1.807) is 29.5 Å². The van der Waals surface area contributed by atoms with Crippen LogP contribution < -0.4 is 14.4 Å². The highest BCUT2D eigenvalue weighted by Gasteiger charge is 2.34. The van der Waals surface area contributed by atoms with Crippen LogP contribution in [0.15, 0.2) is 46.7 Å². The molecule has 0 atom stereocenters. The maximum Gasteiger partial charge on any atom is 0.185 e. The van der Waals surface area contributed by atoms with Gasteiger partial charge < -0.3 is 14.4 Å². The molecule has 0 spiro atoms. The minimum atomic E-state index is -3.54. The number of benzene rings is 2. The lowest BCUT2D eigenvalue weighted by atomic mass is 10.1. The molecule has 1 aliphatic rings. The van der Waals surface area contributed by atoms with Gasteiger partial charge >= 0.3 is 0 Å². The molecule has 0 saturated carbocycles. The monoisotopic (exact) mass is 472 g/mol. The number of aromatic nitrogens is 1. The summed E-state index contributed by atoms with van der Waals surface area (Å²) in [5.74, 6) is 0.856. The molecule has 3 aromatic rings. The number of aryl methyl sites for hydroxylation is 2. The fraction of sp³-hybridized carbons (Fsp3) is 0.375. The van der Waals surface area contributed by atoms with Crippen LogP contribution >= 0.6 is 11.3 Å². The molecule has 2 aromatic carbocycles. The van der Waals surface area contributed by atoms with Crippen LogP contribution in [-0.4, -0.2) is 46.0 Å². The van der Waals surface area contributed by atoms with Crippen LogP contribution in [-0.2, 0) is 9.84 Å². The molecular weight excluding hydrogens is 444 g/mol. The van der Waals surface area contributed by atoms with Crippen molar-refractivity contribution >= 4 is 26.3 Å². The number of methoxy groups -OCH3 is 2. The Morgan fingerprint density at radius 3 is 2.41 bits per heavy atom. The molecule has 1 saturated heterocycles. The van der Waals surface area contributed by atoms with Crippen molar-refractivity contribution in [3.05, 3.63) is 52.9 Å². The number of thiazole rings is 1. The number of hydrogen-bond donors (Lipinski definition) is 0. The van der Waals surface area contributed by atoms with Crippen molar-refractivity contribution < 1.29 is 17.9 Å². The SMILES string of the molecule is COc1ccc(OC)c(S(=O)(=O)C2CCN(c3nc(-c4ccc(C)c(C)c4)cs3)CC2)c1. The first-order chi connectivity index (χ1) is 15.3. The van der Waals surface area contributed by atoms with Gasteiger partial charge in [-0.1, -0.05) is 12.1 Å². The van der Waals surface area contributed by atoms with Gasteiger partial charge in [0.2, 0.25) is 0 Å². The number of rotatable bonds is 6. The van der Waals surface area contributed by atoms with Gasteiger partial charge in [-0.15, -0.1) is 11.3 Å². The van der Waals surface area contributed by atoms with Crippen LogP contribution in [0.1, 0.15) is 24.0 Å². The maximum atomic E-state index is 13.4. The molecular formula is C24H28N2O4S2. The predicted octanol–water partition coefficient (Wildman–Crippen LogP) is 4.89. The summed E-state index contributed by atoms with van der Waals surface area (Å²) < 4.78 is 37.3. The van der Waals surface area contributed by atoms with E-state index in [0.717, 1.165) is 16.4 Å². The number of ether oxygens (including phenoxy) is 2. The van der Waals surface area contributed by atoms with Crippen molar-refractivity contribution in [2.45, 2.75) is 36.8 Å². The molecule has 4 rings (SSSR count). The highest BCUT2D eigenvalue weighted by atomic mass is 32.2. The maximum absolute atomic E-state index is 13.4. The van der Waals surface area contributed by atoms with E-state index in [9.17, 15) is 8.42 Å². The third-order valence-corrected chi connectivity index (χ3v) is 9.31. The van der Waals surface area contributed by atoms with Gasteiger partial charge in [-0.25, -0.2) is 13.4 Å². The average Bonchev–Trinajstić information content (AvgIpc) is 3.31. The summed E-state index contributed by atoms with van der Waals surface area (Å²) in [7, 11) is -0.528. The van der Waals surface area contributed by atoms with Gasteiger partial charge in [0.25, 0.3) is 0 Å². The molecule has 0 bridgehead atoms. The standard InChI is InChI=1S/C24H28N2O4S2/c1-16-5-6-18(13-17(16)2)21-15-31-24(25-21)26-11-9-20(10-12-26)32(27,28)23-14-19(29-3)7-8-22(23)30-4/h5-8,13-15,20H,9-12H2,1-4H3. The van der Waals surface area contributed by atoms with E-state index in [1.807, 2.05) is 0 Å². The second-order valence-corrected chi connectivity index (χ2v) is 11.1. The summed E-state index contributed by atoms with van der Waals surface area (Å²) in [6, 6.07) is 11.3. The van der Waals surface area contributed by atoms with Gasteiger partial charge in [0.05, 0.1) is 25.2 Å². The summed E-state index contributed by atoms with van der Waals surface area (Å²) >= 11 is 1.61. The first-order valence-corrected chi connectivity index (χ1v) is 13.0. The van der Waals surface area contributed by atoms with Gasteiger partial charge in [0.15, 0.2) is 15.0 Å². The highest BCUT2D eigenvalue weighted by molar-refractivity contribution is 7.92. The van der Waals surface area contributed by atoms with E-state index >= 15 is 0 Å². The number of piperidine rings is 1. The molecule has 2 heterocycles. The fourth-order valence-electron chi connectivity index (χ4n) is 3.99. The van der Waals surface area contributed by atoms with E-state index in [1.165, 1.54) is 25.3 Å². The van der Waals surface area contributed by atoms with E-state index in [2.05, 4.69) is 42.3 Å². The van der Waals surface area contributed by atoms with E-state index in [-0.39, 0.29) is 4.90 Å². The largest absolute Gasteiger partial charge is 0.497 e. The van der Waals surface area contributed by atoms with Crippen molar-refractivity contribution in [3.8, 4) is 22.8 Å². The van der Waals surface area contributed by atoms with Gasteiger partial charge in [-0.05, 0) is 56.0 Å². The Labute approximate surface area is 193 Å².